The Morgan fingerprint density at radius 3 is 2.72 bits per heavy atom. The van der Waals surface area contributed by atoms with Gasteiger partial charge < -0.3 is 5.32 Å². The Morgan fingerprint density at radius 2 is 1.94 bits per heavy atom. The molecule has 0 saturated heterocycles. The van der Waals surface area contributed by atoms with Crippen LogP contribution in [0.3, 0.4) is 0 Å². The second-order valence-electron chi connectivity index (χ2n) is 3.97. The van der Waals surface area contributed by atoms with Gasteiger partial charge in [0.1, 0.15) is 0 Å². The number of sulfonamides is 1. The highest BCUT2D eigenvalue weighted by Crippen LogP contribution is 2.20. The van der Waals surface area contributed by atoms with Crippen molar-refractivity contribution in [1.82, 2.24) is 9.71 Å². The molecule has 1 heterocycles. The maximum atomic E-state index is 10.9. The second kappa shape index (κ2) is 5.32. The summed E-state index contributed by atoms with van der Waals surface area (Å²) in [6, 6.07) is 9.68. The standard InChI is InChI=1S/C12H15N3O2S/c1-18(16,17)15-9-8-14-12-6-7-13-11-5-3-2-4-10(11)12/h2-7,15H,8-9H2,1H3,(H,13,14). The van der Waals surface area contributed by atoms with Crippen molar-refractivity contribution in [3.05, 3.63) is 36.5 Å². The first-order valence-electron chi connectivity index (χ1n) is 5.58. The predicted octanol–water partition coefficient (Wildman–Crippen LogP) is 1.20. The first-order chi connectivity index (χ1) is 8.56. The fourth-order valence-electron chi connectivity index (χ4n) is 1.68. The normalized spacial score (nSPS) is 11.6. The van der Waals surface area contributed by atoms with Gasteiger partial charge in [0.15, 0.2) is 0 Å². The maximum absolute atomic E-state index is 10.9. The summed E-state index contributed by atoms with van der Waals surface area (Å²) in [6.07, 6.45) is 2.88. The van der Waals surface area contributed by atoms with Crippen LogP contribution in [0.15, 0.2) is 36.5 Å². The highest BCUT2D eigenvalue weighted by molar-refractivity contribution is 7.88. The topological polar surface area (TPSA) is 71.1 Å². The van der Waals surface area contributed by atoms with Crippen molar-refractivity contribution < 1.29 is 8.42 Å². The Labute approximate surface area is 106 Å². The van der Waals surface area contributed by atoms with Gasteiger partial charge in [-0.25, -0.2) is 13.1 Å². The van der Waals surface area contributed by atoms with E-state index in [2.05, 4.69) is 15.0 Å². The highest BCUT2D eigenvalue weighted by atomic mass is 32.2. The molecule has 96 valence electrons. The highest BCUT2D eigenvalue weighted by Gasteiger charge is 2.01. The lowest BCUT2D eigenvalue weighted by atomic mass is 10.2. The summed E-state index contributed by atoms with van der Waals surface area (Å²) in [4.78, 5) is 4.26. The number of pyridine rings is 1. The average Bonchev–Trinajstić information content (AvgIpc) is 2.33. The fourth-order valence-corrected chi connectivity index (χ4v) is 2.16. The van der Waals surface area contributed by atoms with Crippen LogP contribution in [0, 0.1) is 0 Å². The molecule has 2 rings (SSSR count). The third kappa shape index (κ3) is 3.41. The number of benzene rings is 1. The number of hydrogen-bond acceptors (Lipinski definition) is 4. The van der Waals surface area contributed by atoms with Crippen LogP contribution in [0.2, 0.25) is 0 Å². The number of para-hydroxylation sites is 1. The van der Waals surface area contributed by atoms with Crippen LogP contribution >= 0.6 is 0 Å². The molecule has 0 fully saturated rings. The first-order valence-corrected chi connectivity index (χ1v) is 7.48. The summed E-state index contributed by atoms with van der Waals surface area (Å²) in [5.41, 5.74) is 1.87. The van der Waals surface area contributed by atoms with E-state index in [1.165, 1.54) is 0 Å². The molecular formula is C12H15N3O2S. The van der Waals surface area contributed by atoms with Crippen molar-refractivity contribution in [3.63, 3.8) is 0 Å². The van der Waals surface area contributed by atoms with Gasteiger partial charge in [0, 0.05) is 30.4 Å². The molecule has 0 aliphatic carbocycles. The summed E-state index contributed by atoms with van der Waals surface area (Å²) >= 11 is 0. The zero-order chi connectivity index (χ0) is 13.0. The predicted molar refractivity (Wildman–Crippen MR) is 73.1 cm³/mol. The third-order valence-corrected chi connectivity index (χ3v) is 3.18. The van der Waals surface area contributed by atoms with Gasteiger partial charge in [0.05, 0.1) is 11.8 Å². The number of hydrogen-bond donors (Lipinski definition) is 2. The Hall–Kier alpha value is -1.66. The Balaban J connectivity index is 2.04. The van der Waals surface area contributed by atoms with Gasteiger partial charge in [-0.3, -0.25) is 4.98 Å². The molecule has 1 aromatic carbocycles. The van der Waals surface area contributed by atoms with Crippen molar-refractivity contribution in [2.45, 2.75) is 0 Å². The lowest BCUT2D eigenvalue weighted by molar-refractivity contribution is 0.589. The van der Waals surface area contributed by atoms with Crippen molar-refractivity contribution in [3.8, 4) is 0 Å². The van der Waals surface area contributed by atoms with Crippen molar-refractivity contribution in [1.29, 1.82) is 0 Å². The van der Waals surface area contributed by atoms with E-state index < -0.39 is 10.0 Å². The SMILES string of the molecule is CS(=O)(=O)NCCNc1ccnc2ccccc12. The van der Waals surface area contributed by atoms with Gasteiger partial charge in [0.25, 0.3) is 0 Å². The minimum atomic E-state index is -3.12. The molecule has 2 N–H and O–H groups in total. The molecular weight excluding hydrogens is 250 g/mol. The van der Waals surface area contributed by atoms with E-state index in [1.807, 2.05) is 30.3 Å². The molecule has 0 saturated carbocycles. The molecule has 2 aromatic rings. The zero-order valence-corrected chi connectivity index (χ0v) is 10.9. The summed E-state index contributed by atoms with van der Waals surface area (Å²) in [5, 5.41) is 4.22. The van der Waals surface area contributed by atoms with E-state index in [4.69, 9.17) is 0 Å². The number of rotatable bonds is 5. The second-order valence-corrected chi connectivity index (χ2v) is 5.80. The van der Waals surface area contributed by atoms with Crippen LogP contribution in [0.1, 0.15) is 0 Å². The molecule has 0 bridgehead atoms. The van der Waals surface area contributed by atoms with Crippen LogP contribution in [-0.4, -0.2) is 32.7 Å². The van der Waals surface area contributed by atoms with E-state index in [0.29, 0.717) is 13.1 Å². The number of nitrogens with zero attached hydrogens (tertiary/aromatic N) is 1. The molecule has 0 unspecified atom stereocenters. The van der Waals surface area contributed by atoms with Crippen molar-refractivity contribution in [2.24, 2.45) is 0 Å². The molecule has 0 radical (unpaired) electrons. The van der Waals surface area contributed by atoms with Gasteiger partial charge in [-0.05, 0) is 12.1 Å². The molecule has 0 aliphatic heterocycles. The lowest BCUT2D eigenvalue weighted by Crippen LogP contribution is -2.27. The van der Waals surface area contributed by atoms with Gasteiger partial charge in [-0.2, -0.15) is 0 Å². The molecule has 0 spiro atoms. The van der Waals surface area contributed by atoms with Crippen molar-refractivity contribution >= 4 is 26.6 Å². The van der Waals surface area contributed by atoms with E-state index in [9.17, 15) is 8.42 Å². The van der Waals surface area contributed by atoms with Crippen LogP contribution in [0.5, 0.6) is 0 Å². The van der Waals surface area contributed by atoms with Crippen LogP contribution in [0.4, 0.5) is 5.69 Å². The third-order valence-electron chi connectivity index (χ3n) is 2.45. The molecule has 0 amide bonds. The van der Waals surface area contributed by atoms with Gasteiger partial charge >= 0.3 is 0 Å². The zero-order valence-electron chi connectivity index (χ0n) is 10.1. The van der Waals surface area contributed by atoms with Gasteiger partial charge in [0.2, 0.25) is 10.0 Å². The number of nitrogens with one attached hydrogen (secondary N) is 2. The summed E-state index contributed by atoms with van der Waals surface area (Å²) in [6.45, 7) is 0.885. The molecule has 0 aliphatic rings. The quantitative estimate of drug-likeness (QED) is 0.797. The summed E-state index contributed by atoms with van der Waals surface area (Å²) < 4.78 is 24.2. The molecule has 18 heavy (non-hydrogen) atoms. The van der Waals surface area contributed by atoms with E-state index >= 15 is 0 Å². The number of anilines is 1. The van der Waals surface area contributed by atoms with E-state index in [-0.39, 0.29) is 0 Å². The molecule has 5 nitrogen and oxygen atoms in total. The number of aromatic nitrogens is 1. The Bertz CT molecular complexity index is 635. The summed E-state index contributed by atoms with van der Waals surface area (Å²) in [5.74, 6) is 0. The molecule has 1 aromatic heterocycles. The number of fused-ring (bicyclic) bond motifs is 1. The van der Waals surface area contributed by atoms with Crippen molar-refractivity contribution in [2.75, 3.05) is 24.7 Å². The smallest absolute Gasteiger partial charge is 0.208 e. The largest absolute Gasteiger partial charge is 0.383 e. The van der Waals surface area contributed by atoms with Gasteiger partial charge in [-0.1, -0.05) is 18.2 Å². The molecule has 0 atom stereocenters. The van der Waals surface area contributed by atoms with E-state index in [1.54, 1.807) is 6.20 Å². The maximum Gasteiger partial charge on any atom is 0.208 e. The van der Waals surface area contributed by atoms with Crippen LogP contribution < -0.4 is 10.0 Å². The van der Waals surface area contributed by atoms with Gasteiger partial charge in [-0.15, -0.1) is 0 Å². The molecule has 6 heteroatoms. The Kier molecular flexibility index (Phi) is 3.78. The van der Waals surface area contributed by atoms with Crippen LogP contribution in [-0.2, 0) is 10.0 Å². The monoisotopic (exact) mass is 265 g/mol. The minimum Gasteiger partial charge on any atom is -0.383 e. The first kappa shape index (κ1) is 12.8. The van der Waals surface area contributed by atoms with Crippen LogP contribution in [0.25, 0.3) is 10.9 Å². The minimum absolute atomic E-state index is 0.357. The Morgan fingerprint density at radius 1 is 1.17 bits per heavy atom. The average molecular weight is 265 g/mol. The van der Waals surface area contributed by atoms with E-state index in [0.717, 1.165) is 22.8 Å². The summed E-state index contributed by atoms with van der Waals surface area (Å²) in [7, 11) is -3.12. The lowest BCUT2D eigenvalue weighted by Gasteiger charge is -2.09. The fraction of sp³-hybridized carbons (Fsp3) is 0.250.